The number of halogens is 1. The molecule has 3 aliphatic carbocycles. The van der Waals surface area contributed by atoms with Gasteiger partial charge < -0.3 is 5.11 Å². The number of rotatable bonds is 2. The number of phenolic OH excluding ortho intramolecular Hbond substituents is 1. The number of phenols is 1. The van der Waals surface area contributed by atoms with E-state index in [1.165, 1.54) is 11.0 Å². The molecule has 1 aliphatic heterocycles. The molecule has 2 amide bonds. The van der Waals surface area contributed by atoms with Crippen LogP contribution in [0.25, 0.3) is 0 Å². The number of nitrogens with zero attached hydrogens (tertiary/aromatic N) is 1. The summed E-state index contributed by atoms with van der Waals surface area (Å²) in [5, 5.41) is 10.6. The number of amides is 2. The van der Waals surface area contributed by atoms with Crippen LogP contribution in [-0.2, 0) is 19.2 Å². The molecule has 4 aliphatic rings. The lowest BCUT2D eigenvalue weighted by atomic mass is 9.59. The number of carbonyl (C=O) groups is 4. The number of benzene rings is 2. The van der Waals surface area contributed by atoms with Crippen molar-refractivity contribution in [3.8, 4) is 5.75 Å². The Hall–Kier alpha value is -3.77. The number of imide groups is 1. The van der Waals surface area contributed by atoms with Crippen LogP contribution in [0, 0.1) is 31.6 Å². The van der Waals surface area contributed by atoms with E-state index in [1.54, 1.807) is 44.2 Å². The predicted octanol–water partition coefficient (Wildman–Crippen LogP) is 5.30. The summed E-state index contributed by atoms with van der Waals surface area (Å²) in [6.07, 6.45) is 3.96. The van der Waals surface area contributed by atoms with Gasteiger partial charge in [-0.05, 0) is 80.5 Å². The largest absolute Gasteiger partial charge is 0.508 e. The Kier molecular flexibility index (Phi) is 5.58. The fraction of sp³-hybridized carbons (Fsp3) is 0.290. The minimum atomic E-state index is -0.646. The average Bonchev–Trinajstić information content (AvgIpc) is 3.14. The maximum absolute atomic E-state index is 13.9. The van der Waals surface area contributed by atoms with Crippen LogP contribution < -0.4 is 4.90 Å². The number of anilines is 1. The fourth-order valence-corrected chi connectivity index (χ4v) is 6.75. The van der Waals surface area contributed by atoms with Gasteiger partial charge in [-0.2, -0.15) is 0 Å². The van der Waals surface area contributed by atoms with Gasteiger partial charge in [0.15, 0.2) is 11.6 Å². The van der Waals surface area contributed by atoms with Gasteiger partial charge in [-0.25, -0.2) is 4.90 Å². The molecule has 0 radical (unpaired) electrons. The molecule has 1 heterocycles. The van der Waals surface area contributed by atoms with Crippen molar-refractivity contribution in [2.24, 2.45) is 17.8 Å². The van der Waals surface area contributed by atoms with Gasteiger partial charge in [0, 0.05) is 27.7 Å². The molecular formula is C31H26ClNO5. The van der Waals surface area contributed by atoms with Crippen LogP contribution in [0.1, 0.15) is 42.4 Å². The van der Waals surface area contributed by atoms with Crippen molar-refractivity contribution < 1.29 is 24.3 Å². The zero-order valence-electron chi connectivity index (χ0n) is 21.2. The van der Waals surface area contributed by atoms with Gasteiger partial charge in [0.05, 0.1) is 17.5 Å². The molecule has 0 unspecified atom stereocenters. The summed E-state index contributed by atoms with van der Waals surface area (Å²) in [5.41, 5.74) is 4.84. The number of hydrogen-bond acceptors (Lipinski definition) is 5. The summed E-state index contributed by atoms with van der Waals surface area (Å²) in [7, 11) is 0. The zero-order valence-corrected chi connectivity index (χ0v) is 22.0. The van der Waals surface area contributed by atoms with Crippen molar-refractivity contribution in [2.45, 2.75) is 39.5 Å². The Bertz CT molecular complexity index is 1580. The highest BCUT2D eigenvalue weighted by molar-refractivity contribution is 6.32. The van der Waals surface area contributed by atoms with Crippen molar-refractivity contribution in [3.63, 3.8) is 0 Å². The molecule has 1 saturated heterocycles. The Labute approximate surface area is 225 Å². The van der Waals surface area contributed by atoms with Gasteiger partial charge in [-0.15, -0.1) is 0 Å². The normalized spacial score (nSPS) is 26.7. The summed E-state index contributed by atoms with van der Waals surface area (Å²) in [6.45, 7) is 5.28. The van der Waals surface area contributed by atoms with E-state index in [0.717, 1.165) is 16.7 Å². The number of aromatic hydroxyl groups is 1. The lowest BCUT2D eigenvalue weighted by Crippen LogP contribution is -2.39. The number of carbonyl (C=O) groups excluding carboxylic acids is 4. The minimum Gasteiger partial charge on any atom is -0.508 e. The first-order chi connectivity index (χ1) is 18.1. The van der Waals surface area contributed by atoms with E-state index >= 15 is 0 Å². The molecule has 192 valence electrons. The van der Waals surface area contributed by atoms with Crippen molar-refractivity contribution in [3.05, 3.63) is 92.6 Å². The summed E-state index contributed by atoms with van der Waals surface area (Å²) in [4.78, 5) is 55.4. The van der Waals surface area contributed by atoms with Crippen LogP contribution in [0.15, 0.2) is 70.8 Å². The van der Waals surface area contributed by atoms with Crippen LogP contribution >= 0.6 is 11.6 Å². The predicted molar refractivity (Wildman–Crippen MR) is 143 cm³/mol. The van der Waals surface area contributed by atoms with E-state index in [2.05, 4.69) is 0 Å². The quantitative estimate of drug-likeness (QED) is 0.325. The fourth-order valence-electron chi connectivity index (χ4n) is 6.57. The molecule has 7 heteroatoms. The molecule has 6 rings (SSSR count). The standard InChI is InChI=1S/C31H26ClNO5/c1-14-4-6-18(12-23(14)32)33-30(37)20-8-7-19-21(27(20)31(33)38)13-22-25(35)11-16(3)29(36)28(22)26(19)17-5-9-24(34)15(2)10-17/h4-7,9-12,20-21,26-27,34H,8,13H2,1-3H3/t20-,21+,26-,27-/m0/s1. The van der Waals surface area contributed by atoms with Crippen LogP contribution in [0.4, 0.5) is 5.69 Å². The topological polar surface area (TPSA) is 91.8 Å². The Morgan fingerprint density at radius 3 is 2.39 bits per heavy atom. The Morgan fingerprint density at radius 2 is 1.68 bits per heavy atom. The first-order valence-corrected chi connectivity index (χ1v) is 13.1. The third-order valence-electron chi connectivity index (χ3n) is 8.53. The number of allylic oxidation sites excluding steroid dienone is 6. The van der Waals surface area contributed by atoms with Gasteiger partial charge >= 0.3 is 0 Å². The second-order valence-electron chi connectivity index (χ2n) is 10.7. The number of hydrogen-bond donors (Lipinski definition) is 1. The summed E-state index contributed by atoms with van der Waals surface area (Å²) >= 11 is 6.32. The van der Waals surface area contributed by atoms with Crippen LogP contribution in [0.2, 0.25) is 5.02 Å². The number of fused-ring (bicyclic) bond motifs is 3. The molecular weight excluding hydrogens is 502 g/mol. The number of ketones is 2. The zero-order chi connectivity index (χ0) is 27.0. The SMILES string of the molecule is CC1=CC(=O)C2=C(C1=O)[C@@H](c1ccc(O)c(C)c1)C1=CC[C@@H]3C(=O)N(c4ccc(C)c(Cl)c4)C(=O)[C@@H]3[C@@H]1C2. The van der Waals surface area contributed by atoms with Crippen molar-refractivity contribution in [1.29, 1.82) is 0 Å². The molecule has 4 atom stereocenters. The van der Waals surface area contributed by atoms with E-state index in [-0.39, 0.29) is 35.6 Å². The molecule has 2 aromatic carbocycles. The summed E-state index contributed by atoms with van der Waals surface area (Å²) in [5.74, 6) is -2.97. The molecule has 6 nitrogen and oxygen atoms in total. The third kappa shape index (κ3) is 3.47. The maximum Gasteiger partial charge on any atom is 0.238 e. The molecule has 38 heavy (non-hydrogen) atoms. The van der Waals surface area contributed by atoms with Crippen molar-refractivity contribution >= 4 is 40.7 Å². The monoisotopic (exact) mass is 527 g/mol. The van der Waals surface area contributed by atoms with E-state index in [0.29, 0.717) is 39.4 Å². The van der Waals surface area contributed by atoms with E-state index in [4.69, 9.17) is 11.6 Å². The smallest absolute Gasteiger partial charge is 0.238 e. The van der Waals surface area contributed by atoms with Gasteiger partial charge in [-0.1, -0.05) is 41.4 Å². The molecule has 0 bridgehead atoms. The highest BCUT2D eigenvalue weighted by Gasteiger charge is 2.56. The van der Waals surface area contributed by atoms with E-state index in [1.807, 2.05) is 19.1 Å². The molecule has 1 fully saturated rings. The highest BCUT2D eigenvalue weighted by atomic mass is 35.5. The lowest BCUT2D eigenvalue weighted by Gasteiger charge is -2.42. The second kappa shape index (κ2) is 8.63. The number of Topliss-reactive ketones (excluding diaryl/α,β-unsaturated/α-hetero) is 1. The van der Waals surface area contributed by atoms with E-state index in [9.17, 15) is 24.3 Å². The Balaban J connectivity index is 1.49. The second-order valence-corrected chi connectivity index (χ2v) is 11.1. The highest BCUT2D eigenvalue weighted by Crippen LogP contribution is 2.55. The van der Waals surface area contributed by atoms with Gasteiger partial charge in [0.1, 0.15) is 5.75 Å². The summed E-state index contributed by atoms with van der Waals surface area (Å²) < 4.78 is 0. The van der Waals surface area contributed by atoms with Gasteiger partial charge in [0.2, 0.25) is 11.8 Å². The minimum absolute atomic E-state index is 0.138. The maximum atomic E-state index is 13.9. The van der Waals surface area contributed by atoms with Crippen molar-refractivity contribution in [1.82, 2.24) is 0 Å². The van der Waals surface area contributed by atoms with Crippen LogP contribution in [0.3, 0.4) is 0 Å². The average molecular weight is 528 g/mol. The molecule has 0 saturated carbocycles. The lowest BCUT2D eigenvalue weighted by molar-refractivity contribution is -0.123. The molecule has 0 aromatic heterocycles. The molecule has 2 aromatic rings. The first-order valence-electron chi connectivity index (χ1n) is 12.7. The van der Waals surface area contributed by atoms with Gasteiger partial charge in [-0.3, -0.25) is 19.2 Å². The molecule has 0 spiro atoms. The van der Waals surface area contributed by atoms with Crippen LogP contribution in [-0.4, -0.2) is 28.5 Å². The Morgan fingerprint density at radius 1 is 0.921 bits per heavy atom. The number of aryl methyl sites for hydroxylation is 2. The molecule has 1 N–H and O–H groups in total. The first kappa shape index (κ1) is 24.6. The third-order valence-corrected chi connectivity index (χ3v) is 8.94. The van der Waals surface area contributed by atoms with Crippen molar-refractivity contribution in [2.75, 3.05) is 4.90 Å². The van der Waals surface area contributed by atoms with Gasteiger partial charge in [0.25, 0.3) is 0 Å². The van der Waals surface area contributed by atoms with E-state index < -0.39 is 23.7 Å². The van der Waals surface area contributed by atoms with Crippen LogP contribution in [0.5, 0.6) is 5.75 Å². The summed E-state index contributed by atoms with van der Waals surface area (Å²) in [6, 6.07) is 10.3.